The molecular weight excluding hydrogens is 368 g/mol. The van der Waals surface area contributed by atoms with Gasteiger partial charge in [0.15, 0.2) is 0 Å². The van der Waals surface area contributed by atoms with Gasteiger partial charge < -0.3 is 15.7 Å². The monoisotopic (exact) mass is 392 g/mol. The first-order chi connectivity index (χ1) is 14.0. The van der Waals surface area contributed by atoms with E-state index in [2.05, 4.69) is 34.9 Å². The molecule has 0 radical (unpaired) electrons. The summed E-state index contributed by atoms with van der Waals surface area (Å²) in [5.74, 6) is -1.62. The highest BCUT2D eigenvalue weighted by Gasteiger charge is 2.40. The van der Waals surface area contributed by atoms with Crippen LogP contribution in [0.3, 0.4) is 0 Å². The summed E-state index contributed by atoms with van der Waals surface area (Å²) >= 11 is 0. The highest BCUT2D eigenvalue weighted by Crippen LogP contribution is 2.40. The minimum atomic E-state index is -0.948. The van der Waals surface area contributed by atoms with E-state index >= 15 is 0 Å². The van der Waals surface area contributed by atoms with Crippen molar-refractivity contribution >= 4 is 23.5 Å². The largest absolute Gasteiger partial charge is 0.481 e. The van der Waals surface area contributed by atoms with Gasteiger partial charge in [-0.3, -0.25) is 14.4 Å². The summed E-state index contributed by atoms with van der Waals surface area (Å²) in [5.41, 5.74) is 3.67. The predicted molar refractivity (Wildman–Crippen MR) is 108 cm³/mol. The van der Waals surface area contributed by atoms with Crippen LogP contribution in [0.5, 0.6) is 0 Å². The van der Waals surface area contributed by atoms with Gasteiger partial charge in [0.25, 0.3) is 0 Å². The molecule has 2 atom stereocenters. The number of carboxylic acids is 1. The fraction of sp³-hybridized carbons (Fsp3) is 0.348. The standard InChI is InChI=1S/C23H24N2O4/c26-20(27)11-14-4-3-7-19(10-14)24-22(28)23(29)25-21-17-8-9-18(21)13-16-6-2-1-5-15(16)12-17/h1-7,10,17-18,21H,8-9,11-13H2,(H,24,28)(H,25,29)(H,26,27). The lowest BCUT2D eigenvalue weighted by Gasteiger charge is -2.23. The molecule has 150 valence electrons. The number of amides is 2. The Morgan fingerprint density at radius 1 is 0.897 bits per heavy atom. The molecule has 0 spiro atoms. The van der Waals surface area contributed by atoms with E-state index in [1.54, 1.807) is 24.3 Å². The third-order valence-electron chi connectivity index (χ3n) is 6.05. The number of hydrogen-bond acceptors (Lipinski definition) is 3. The summed E-state index contributed by atoms with van der Waals surface area (Å²) in [6.45, 7) is 0. The van der Waals surface area contributed by atoms with E-state index in [9.17, 15) is 14.4 Å². The highest BCUT2D eigenvalue weighted by atomic mass is 16.4. The zero-order valence-corrected chi connectivity index (χ0v) is 16.1. The van der Waals surface area contributed by atoms with Crippen LogP contribution in [-0.2, 0) is 33.6 Å². The molecule has 0 saturated heterocycles. The zero-order chi connectivity index (χ0) is 20.4. The maximum absolute atomic E-state index is 12.6. The van der Waals surface area contributed by atoms with Gasteiger partial charge >= 0.3 is 17.8 Å². The number of fused-ring (bicyclic) bond motifs is 3. The molecular formula is C23H24N2O4. The van der Waals surface area contributed by atoms with Gasteiger partial charge in [0.2, 0.25) is 0 Å². The van der Waals surface area contributed by atoms with Crippen molar-refractivity contribution in [2.75, 3.05) is 5.32 Å². The van der Waals surface area contributed by atoms with E-state index in [0.717, 1.165) is 25.7 Å². The molecule has 1 saturated carbocycles. The zero-order valence-electron chi connectivity index (χ0n) is 16.1. The van der Waals surface area contributed by atoms with E-state index in [1.807, 2.05) is 0 Å². The lowest BCUT2D eigenvalue weighted by molar-refractivity contribution is -0.137. The maximum Gasteiger partial charge on any atom is 0.313 e. The Kier molecular flexibility index (Phi) is 5.34. The first kappa shape index (κ1) is 19.2. The first-order valence-electron chi connectivity index (χ1n) is 9.99. The van der Waals surface area contributed by atoms with E-state index in [1.165, 1.54) is 11.1 Å². The molecule has 0 aromatic heterocycles. The van der Waals surface area contributed by atoms with Crippen molar-refractivity contribution in [3.63, 3.8) is 0 Å². The SMILES string of the molecule is O=C(O)Cc1cccc(NC(=O)C(=O)NC2C3CCC2Cc2ccccc2C3)c1. The Balaban J connectivity index is 1.41. The molecule has 2 amide bonds. The number of benzene rings is 2. The minimum absolute atomic E-state index is 0.000931. The van der Waals surface area contributed by atoms with Crippen LogP contribution in [0, 0.1) is 11.8 Å². The average Bonchev–Trinajstić information content (AvgIpc) is 2.95. The molecule has 29 heavy (non-hydrogen) atoms. The van der Waals surface area contributed by atoms with Crippen LogP contribution in [0.1, 0.15) is 29.5 Å². The summed E-state index contributed by atoms with van der Waals surface area (Å²) in [5, 5.41) is 14.5. The Hall–Kier alpha value is -3.15. The molecule has 2 bridgehead atoms. The van der Waals surface area contributed by atoms with Crippen LogP contribution < -0.4 is 10.6 Å². The molecule has 6 heteroatoms. The lowest BCUT2D eigenvalue weighted by atomic mass is 9.94. The number of carbonyl (C=O) groups excluding carboxylic acids is 2. The third kappa shape index (κ3) is 4.31. The molecule has 2 aromatic carbocycles. The van der Waals surface area contributed by atoms with Crippen LogP contribution in [0.4, 0.5) is 5.69 Å². The Morgan fingerprint density at radius 2 is 1.55 bits per heavy atom. The topological polar surface area (TPSA) is 95.5 Å². The van der Waals surface area contributed by atoms with E-state index in [0.29, 0.717) is 23.1 Å². The van der Waals surface area contributed by atoms with E-state index in [-0.39, 0.29) is 12.5 Å². The Bertz CT molecular complexity index is 922. The van der Waals surface area contributed by atoms with Crippen molar-refractivity contribution in [1.29, 1.82) is 0 Å². The number of aliphatic carboxylic acids is 1. The van der Waals surface area contributed by atoms with Crippen LogP contribution >= 0.6 is 0 Å². The van der Waals surface area contributed by atoms with Gasteiger partial charge in [-0.2, -0.15) is 0 Å². The summed E-state index contributed by atoms with van der Waals surface area (Å²) in [6, 6.07) is 15.0. The van der Waals surface area contributed by atoms with Gasteiger partial charge in [0.05, 0.1) is 6.42 Å². The van der Waals surface area contributed by atoms with Crippen LogP contribution in [0.2, 0.25) is 0 Å². The van der Waals surface area contributed by atoms with Gasteiger partial charge in [0.1, 0.15) is 0 Å². The van der Waals surface area contributed by atoms with Crippen LogP contribution in [0.25, 0.3) is 0 Å². The second kappa shape index (κ2) is 8.07. The molecule has 0 aliphatic heterocycles. The van der Waals surface area contributed by atoms with Gasteiger partial charge in [-0.1, -0.05) is 36.4 Å². The van der Waals surface area contributed by atoms with Crippen molar-refractivity contribution in [1.82, 2.24) is 5.32 Å². The van der Waals surface area contributed by atoms with Crippen molar-refractivity contribution in [2.45, 2.75) is 38.1 Å². The highest BCUT2D eigenvalue weighted by molar-refractivity contribution is 6.39. The molecule has 2 aliphatic rings. The predicted octanol–water partition coefficient (Wildman–Crippen LogP) is 2.56. The van der Waals surface area contributed by atoms with E-state index < -0.39 is 17.8 Å². The van der Waals surface area contributed by atoms with Crippen molar-refractivity contribution < 1.29 is 19.5 Å². The smallest absolute Gasteiger partial charge is 0.313 e. The van der Waals surface area contributed by atoms with Crippen LogP contribution in [0.15, 0.2) is 48.5 Å². The van der Waals surface area contributed by atoms with E-state index in [4.69, 9.17) is 5.11 Å². The first-order valence-corrected chi connectivity index (χ1v) is 9.99. The molecule has 4 rings (SSSR count). The number of rotatable bonds is 4. The van der Waals surface area contributed by atoms with Crippen LogP contribution in [-0.4, -0.2) is 28.9 Å². The lowest BCUT2D eigenvalue weighted by Crippen LogP contribution is -2.46. The second-order valence-electron chi connectivity index (χ2n) is 8.00. The molecule has 6 nitrogen and oxygen atoms in total. The minimum Gasteiger partial charge on any atom is -0.481 e. The third-order valence-corrected chi connectivity index (χ3v) is 6.05. The summed E-state index contributed by atoms with van der Waals surface area (Å²) < 4.78 is 0. The Labute approximate surface area is 169 Å². The molecule has 2 unspecified atom stereocenters. The van der Waals surface area contributed by atoms with Gasteiger partial charge in [0, 0.05) is 11.7 Å². The number of carbonyl (C=O) groups is 3. The number of carboxylic acid groups (broad SMARTS) is 1. The van der Waals surface area contributed by atoms with Gasteiger partial charge in [-0.05, 0) is 66.3 Å². The molecule has 2 aliphatic carbocycles. The van der Waals surface area contributed by atoms with Gasteiger partial charge in [-0.25, -0.2) is 0 Å². The molecule has 2 aromatic rings. The van der Waals surface area contributed by atoms with Crippen molar-refractivity contribution in [3.8, 4) is 0 Å². The quantitative estimate of drug-likeness (QED) is 0.697. The molecule has 3 N–H and O–H groups in total. The average molecular weight is 392 g/mol. The van der Waals surface area contributed by atoms with Crippen molar-refractivity contribution in [3.05, 3.63) is 65.2 Å². The second-order valence-corrected chi connectivity index (χ2v) is 8.00. The Morgan fingerprint density at radius 3 is 2.17 bits per heavy atom. The fourth-order valence-electron chi connectivity index (χ4n) is 4.73. The maximum atomic E-state index is 12.6. The normalized spacial score (nSPS) is 22.3. The van der Waals surface area contributed by atoms with Gasteiger partial charge in [-0.15, -0.1) is 0 Å². The number of nitrogens with one attached hydrogen (secondary N) is 2. The summed E-state index contributed by atoms with van der Waals surface area (Å²) in [4.78, 5) is 35.8. The fourth-order valence-corrected chi connectivity index (χ4v) is 4.73. The molecule has 0 heterocycles. The summed E-state index contributed by atoms with van der Waals surface area (Å²) in [6.07, 6.45) is 3.83. The summed E-state index contributed by atoms with van der Waals surface area (Å²) in [7, 11) is 0. The van der Waals surface area contributed by atoms with Crippen molar-refractivity contribution in [2.24, 2.45) is 11.8 Å². The number of anilines is 1. The number of hydrogen-bond donors (Lipinski definition) is 3. The molecule has 1 fully saturated rings.